The van der Waals surface area contributed by atoms with Gasteiger partial charge in [-0.1, -0.05) is 13.8 Å². The molecule has 5 heteroatoms. The highest BCUT2D eigenvalue weighted by molar-refractivity contribution is 5.85. The molecule has 0 aromatic rings. The molecule has 0 spiro atoms. The van der Waals surface area contributed by atoms with E-state index in [0.717, 1.165) is 0 Å². The molecular formula is C9H16O5. The van der Waals surface area contributed by atoms with Crippen molar-refractivity contribution in [3.8, 4) is 0 Å². The van der Waals surface area contributed by atoms with Crippen molar-refractivity contribution >= 4 is 5.78 Å². The Kier molecular flexibility index (Phi) is 3.60. The lowest BCUT2D eigenvalue weighted by Crippen LogP contribution is -2.56. The fourth-order valence-electron chi connectivity index (χ4n) is 1.39. The highest BCUT2D eigenvalue weighted by Gasteiger charge is 2.41. The smallest absolute Gasteiger partial charge is 0.166 e. The van der Waals surface area contributed by atoms with Crippen LogP contribution in [-0.4, -0.2) is 52.1 Å². The number of aliphatic hydroxyl groups excluding tert-OH is 3. The third-order valence-electron chi connectivity index (χ3n) is 2.35. The van der Waals surface area contributed by atoms with Crippen LogP contribution in [0.3, 0.4) is 0 Å². The molecule has 5 nitrogen and oxygen atoms in total. The van der Waals surface area contributed by atoms with Crippen molar-refractivity contribution in [2.45, 2.75) is 38.3 Å². The first-order chi connectivity index (χ1) is 6.45. The lowest BCUT2D eigenvalue weighted by atomic mass is 9.92. The number of hydrogen-bond acceptors (Lipinski definition) is 5. The van der Waals surface area contributed by atoms with Gasteiger partial charge in [0, 0.05) is 5.92 Å². The predicted octanol–water partition coefficient (Wildman–Crippen LogP) is -1.31. The highest BCUT2D eigenvalue weighted by atomic mass is 16.5. The van der Waals surface area contributed by atoms with Crippen LogP contribution in [0.15, 0.2) is 0 Å². The van der Waals surface area contributed by atoms with E-state index in [0.29, 0.717) is 0 Å². The minimum atomic E-state index is -1.34. The van der Waals surface area contributed by atoms with Crippen LogP contribution < -0.4 is 0 Å². The topological polar surface area (TPSA) is 87.0 Å². The molecule has 1 saturated heterocycles. The maximum absolute atomic E-state index is 11.5. The Balaban J connectivity index is 2.68. The Bertz CT molecular complexity index is 215. The zero-order valence-corrected chi connectivity index (χ0v) is 8.25. The number of Topliss-reactive ketones (excluding diaryl/α,β-unsaturated/α-hetero) is 1. The van der Waals surface area contributed by atoms with E-state index in [1.807, 2.05) is 0 Å². The Morgan fingerprint density at radius 1 is 1.29 bits per heavy atom. The van der Waals surface area contributed by atoms with Crippen molar-refractivity contribution in [1.82, 2.24) is 0 Å². The standard InChI is InChI=1S/C9H16O5/c1-4(2)6(11)9-8(13)7(12)5(10)3-14-9/h4-5,7-10,12-13H,3H2,1-2H3/t5-,7+,8+,9+/m0/s1. The van der Waals surface area contributed by atoms with Gasteiger partial charge in [-0.3, -0.25) is 4.79 Å². The number of ether oxygens (including phenoxy) is 1. The summed E-state index contributed by atoms with van der Waals surface area (Å²) in [5, 5.41) is 27.9. The average molecular weight is 204 g/mol. The first-order valence-electron chi connectivity index (χ1n) is 4.64. The predicted molar refractivity (Wildman–Crippen MR) is 47.6 cm³/mol. The second-order valence-electron chi connectivity index (χ2n) is 3.86. The molecule has 0 bridgehead atoms. The molecule has 0 amide bonds. The van der Waals surface area contributed by atoms with Crippen molar-refractivity contribution in [3.05, 3.63) is 0 Å². The molecule has 1 heterocycles. The van der Waals surface area contributed by atoms with Crippen LogP contribution in [0.2, 0.25) is 0 Å². The molecule has 14 heavy (non-hydrogen) atoms. The molecule has 0 saturated carbocycles. The monoisotopic (exact) mass is 204 g/mol. The quantitative estimate of drug-likeness (QED) is 0.520. The fourth-order valence-corrected chi connectivity index (χ4v) is 1.39. The van der Waals surface area contributed by atoms with E-state index < -0.39 is 24.4 Å². The summed E-state index contributed by atoms with van der Waals surface area (Å²) in [5.74, 6) is -0.527. The normalized spacial score (nSPS) is 38.7. The van der Waals surface area contributed by atoms with Crippen molar-refractivity contribution in [1.29, 1.82) is 0 Å². The fraction of sp³-hybridized carbons (Fsp3) is 0.889. The van der Waals surface area contributed by atoms with Crippen LogP contribution in [0.1, 0.15) is 13.8 Å². The van der Waals surface area contributed by atoms with Gasteiger partial charge < -0.3 is 20.1 Å². The van der Waals surface area contributed by atoms with Gasteiger partial charge in [0.1, 0.15) is 24.4 Å². The first-order valence-corrected chi connectivity index (χ1v) is 4.64. The van der Waals surface area contributed by atoms with E-state index in [1.54, 1.807) is 13.8 Å². The molecule has 1 fully saturated rings. The van der Waals surface area contributed by atoms with Gasteiger partial charge in [-0.15, -0.1) is 0 Å². The third kappa shape index (κ3) is 2.12. The molecular weight excluding hydrogens is 188 g/mol. The second-order valence-corrected chi connectivity index (χ2v) is 3.86. The summed E-state index contributed by atoms with van der Waals surface area (Å²) in [4.78, 5) is 11.5. The molecule has 0 aliphatic carbocycles. The molecule has 1 rings (SSSR count). The summed E-state index contributed by atoms with van der Waals surface area (Å²) in [6.07, 6.45) is -4.79. The maximum Gasteiger partial charge on any atom is 0.166 e. The number of carbonyl (C=O) groups excluding carboxylic acids is 1. The number of rotatable bonds is 2. The van der Waals surface area contributed by atoms with Crippen LogP contribution in [0.25, 0.3) is 0 Å². The zero-order valence-electron chi connectivity index (χ0n) is 8.25. The van der Waals surface area contributed by atoms with E-state index in [1.165, 1.54) is 0 Å². The van der Waals surface area contributed by atoms with Gasteiger partial charge in [-0.25, -0.2) is 0 Å². The van der Waals surface area contributed by atoms with E-state index in [-0.39, 0.29) is 18.3 Å². The van der Waals surface area contributed by atoms with Gasteiger partial charge >= 0.3 is 0 Å². The zero-order chi connectivity index (χ0) is 10.9. The Hall–Kier alpha value is -0.490. The minimum absolute atomic E-state index is 0.124. The summed E-state index contributed by atoms with van der Waals surface area (Å²) in [5.41, 5.74) is 0. The first kappa shape index (κ1) is 11.6. The summed E-state index contributed by atoms with van der Waals surface area (Å²) in [6.45, 7) is 3.26. The van der Waals surface area contributed by atoms with Crippen LogP contribution in [-0.2, 0) is 9.53 Å². The van der Waals surface area contributed by atoms with Crippen LogP contribution in [0.5, 0.6) is 0 Å². The molecule has 82 valence electrons. The van der Waals surface area contributed by atoms with Gasteiger partial charge in [-0.05, 0) is 0 Å². The Morgan fingerprint density at radius 2 is 1.86 bits per heavy atom. The van der Waals surface area contributed by atoms with E-state index in [9.17, 15) is 15.0 Å². The third-order valence-corrected chi connectivity index (χ3v) is 2.35. The van der Waals surface area contributed by atoms with Crippen molar-refractivity contribution in [2.75, 3.05) is 6.61 Å². The van der Waals surface area contributed by atoms with Gasteiger partial charge in [0.2, 0.25) is 0 Å². The summed E-state index contributed by atoms with van der Waals surface area (Å²) < 4.78 is 4.99. The van der Waals surface area contributed by atoms with Crippen LogP contribution in [0.4, 0.5) is 0 Å². The number of hydrogen-bond donors (Lipinski definition) is 3. The second kappa shape index (κ2) is 4.35. The number of aliphatic hydroxyl groups is 3. The van der Waals surface area contributed by atoms with Crippen LogP contribution in [0, 0.1) is 5.92 Å². The molecule has 1 aliphatic heterocycles. The molecule has 1 aliphatic rings. The van der Waals surface area contributed by atoms with Crippen molar-refractivity contribution < 1.29 is 24.9 Å². The molecule has 0 unspecified atom stereocenters. The molecule has 0 radical (unpaired) electrons. The molecule has 0 aromatic carbocycles. The molecule has 4 atom stereocenters. The SMILES string of the molecule is CC(C)C(=O)[C@H]1OC[C@H](O)[C@@H](O)[C@H]1O. The van der Waals surface area contributed by atoms with Crippen molar-refractivity contribution in [3.63, 3.8) is 0 Å². The average Bonchev–Trinajstić information content (AvgIpc) is 2.13. The van der Waals surface area contributed by atoms with Crippen LogP contribution >= 0.6 is 0 Å². The Labute approximate surface area is 82.3 Å². The number of ketones is 1. The summed E-state index contributed by atoms with van der Waals surface area (Å²) in [6, 6.07) is 0. The van der Waals surface area contributed by atoms with E-state index in [4.69, 9.17) is 9.84 Å². The van der Waals surface area contributed by atoms with Gasteiger partial charge in [0.25, 0.3) is 0 Å². The van der Waals surface area contributed by atoms with E-state index >= 15 is 0 Å². The summed E-state index contributed by atoms with van der Waals surface area (Å²) >= 11 is 0. The Morgan fingerprint density at radius 3 is 2.36 bits per heavy atom. The summed E-state index contributed by atoms with van der Waals surface area (Å²) in [7, 11) is 0. The molecule has 0 aromatic heterocycles. The van der Waals surface area contributed by atoms with Gasteiger partial charge in [0.05, 0.1) is 6.61 Å². The van der Waals surface area contributed by atoms with E-state index in [2.05, 4.69) is 0 Å². The van der Waals surface area contributed by atoms with Gasteiger partial charge in [0.15, 0.2) is 5.78 Å². The number of carbonyl (C=O) groups is 1. The highest BCUT2D eigenvalue weighted by Crippen LogP contribution is 2.18. The maximum atomic E-state index is 11.5. The largest absolute Gasteiger partial charge is 0.388 e. The lowest BCUT2D eigenvalue weighted by molar-refractivity contribution is -0.192. The van der Waals surface area contributed by atoms with Crippen molar-refractivity contribution in [2.24, 2.45) is 5.92 Å². The molecule has 3 N–H and O–H groups in total. The minimum Gasteiger partial charge on any atom is -0.388 e. The van der Waals surface area contributed by atoms with Gasteiger partial charge in [-0.2, -0.15) is 0 Å². The lowest BCUT2D eigenvalue weighted by Gasteiger charge is -2.35.